The molecule has 0 bridgehead atoms. The molecule has 21 heavy (non-hydrogen) atoms. The maximum absolute atomic E-state index is 4.20. The molecule has 0 atom stereocenters. The van der Waals surface area contributed by atoms with E-state index in [1.807, 2.05) is 7.05 Å². The fourth-order valence-corrected chi connectivity index (χ4v) is 1.81. The lowest BCUT2D eigenvalue weighted by atomic mass is 10.2. The Balaban J connectivity index is 2.16. The molecule has 0 spiro atoms. The Kier molecular flexibility index (Phi) is 7.74. The van der Waals surface area contributed by atoms with Crippen molar-refractivity contribution < 1.29 is 0 Å². The van der Waals surface area contributed by atoms with Crippen LogP contribution in [-0.2, 0) is 13.6 Å². The lowest BCUT2D eigenvalue weighted by Crippen LogP contribution is -2.38. The van der Waals surface area contributed by atoms with Crippen molar-refractivity contribution in [1.82, 2.24) is 30.3 Å². The first-order valence-electron chi connectivity index (χ1n) is 7.52. The third-order valence-electron chi connectivity index (χ3n) is 3.55. The second-order valence-electron chi connectivity index (χ2n) is 5.43. The van der Waals surface area contributed by atoms with E-state index in [4.69, 9.17) is 0 Å². The van der Waals surface area contributed by atoms with E-state index in [0.717, 1.165) is 31.3 Å². The van der Waals surface area contributed by atoms with E-state index in [2.05, 4.69) is 51.5 Å². The average Bonchev–Trinajstić information content (AvgIpc) is 2.86. The maximum atomic E-state index is 4.20. The van der Waals surface area contributed by atoms with Crippen LogP contribution in [-0.4, -0.2) is 58.9 Å². The average molecular weight is 295 g/mol. The molecule has 1 heterocycles. The fourth-order valence-electron chi connectivity index (χ4n) is 1.81. The standard InChI is InChI=1S/C14H29N7/c1-12(2)20(4)9-7-6-8-16-14(15-3)17-10-13-18-11-19-21(13)5/h11-12H,6-10H2,1-5H3,(H2,15,16,17). The van der Waals surface area contributed by atoms with Crippen molar-refractivity contribution in [1.29, 1.82) is 0 Å². The number of aromatic nitrogens is 3. The molecule has 0 aliphatic carbocycles. The first kappa shape index (κ1) is 17.4. The Bertz CT molecular complexity index is 425. The van der Waals surface area contributed by atoms with Crippen LogP contribution < -0.4 is 10.6 Å². The number of aryl methyl sites for hydroxylation is 1. The van der Waals surface area contributed by atoms with Gasteiger partial charge in [0.1, 0.15) is 12.2 Å². The zero-order chi connectivity index (χ0) is 15.7. The number of unbranched alkanes of at least 4 members (excludes halogenated alkanes) is 1. The Hall–Kier alpha value is -1.63. The highest BCUT2D eigenvalue weighted by molar-refractivity contribution is 5.79. The Morgan fingerprint density at radius 3 is 2.71 bits per heavy atom. The largest absolute Gasteiger partial charge is 0.356 e. The van der Waals surface area contributed by atoms with Gasteiger partial charge in [-0.2, -0.15) is 5.10 Å². The summed E-state index contributed by atoms with van der Waals surface area (Å²) in [6.45, 7) is 7.11. The third kappa shape index (κ3) is 6.57. The van der Waals surface area contributed by atoms with Gasteiger partial charge in [0.25, 0.3) is 0 Å². The molecule has 0 aliphatic heterocycles. The first-order chi connectivity index (χ1) is 10.0. The number of rotatable bonds is 8. The highest BCUT2D eigenvalue weighted by Crippen LogP contribution is 1.97. The van der Waals surface area contributed by atoms with Gasteiger partial charge < -0.3 is 15.5 Å². The number of hydrogen-bond donors (Lipinski definition) is 2. The van der Waals surface area contributed by atoms with Gasteiger partial charge in [0.15, 0.2) is 5.96 Å². The van der Waals surface area contributed by atoms with Crippen molar-refractivity contribution in [2.24, 2.45) is 12.0 Å². The Morgan fingerprint density at radius 2 is 2.14 bits per heavy atom. The normalized spacial score (nSPS) is 12.2. The summed E-state index contributed by atoms with van der Waals surface area (Å²) in [5.41, 5.74) is 0. The van der Waals surface area contributed by atoms with Gasteiger partial charge in [-0.1, -0.05) is 0 Å². The molecule has 7 nitrogen and oxygen atoms in total. The molecule has 2 N–H and O–H groups in total. The molecule has 1 aromatic heterocycles. The number of nitrogens with zero attached hydrogens (tertiary/aromatic N) is 5. The van der Waals surface area contributed by atoms with Gasteiger partial charge in [-0.3, -0.25) is 9.67 Å². The van der Waals surface area contributed by atoms with E-state index in [-0.39, 0.29) is 0 Å². The van der Waals surface area contributed by atoms with Crippen LogP contribution in [0.3, 0.4) is 0 Å². The van der Waals surface area contributed by atoms with Gasteiger partial charge in [0.2, 0.25) is 0 Å². The molecule has 0 unspecified atom stereocenters. The second kappa shape index (κ2) is 9.33. The molecule has 7 heteroatoms. The van der Waals surface area contributed by atoms with Crippen molar-refractivity contribution in [3.8, 4) is 0 Å². The van der Waals surface area contributed by atoms with E-state index in [0.29, 0.717) is 12.6 Å². The topological polar surface area (TPSA) is 70.4 Å². The molecule has 0 amide bonds. The Labute approximate surface area is 127 Å². The summed E-state index contributed by atoms with van der Waals surface area (Å²) >= 11 is 0. The van der Waals surface area contributed by atoms with Crippen LogP contribution >= 0.6 is 0 Å². The van der Waals surface area contributed by atoms with Crippen molar-refractivity contribution >= 4 is 5.96 Å². The predicted octanol–water partition coefficient (Wildman–Crippen LogP) is 0.601. The SMILES string of the molecule is CN=C(NCCCCN(C)C(C)C)NCc1ncnn1C. The van der Waals surface area contributed by atoms with Crippen molar-refractivity contribution in [2.75, 3.05) is 27.2 Å². The number of nitrogens with one attached hydrogen (secondary N) is 2. The minimum atomic E-state index is 0.610. The van der Waals surface area contributed by atoms with Gasteiger partial charge in [0.05, 0.1) is 6.54 Å². The van der Waals surface area contributed by atoms with Crippen LogP contribution in [0.5, 0.6) is 0 Å². The van der Waals surface area contributed by atoms with Crippen LogP contribution in [0.25, 0.3) is 0 Å². The summed E-state index contributed by atoms with van der Waals surface area (Å²) in [5.74, 6) is 1.69. The van der Waals surface area contributed by atoms with Gasteiger partial charge in [0, 0.05) is 26.7 Å². The van der Waals surface area contributed by atoms with E-state index in [9.17, 15) is 0 Å². The number of guanidine groups is 1. The van der Waals surface area contributed by atoms with Crippen molar-refractivity contribution in [3.63, 3.8) is 0 Å². The zero-order valence-electron chi connectivity index (χ0n) is 13.9. The number of hydrogen-bond acceptors (Lipinski definition) is 4. The molecule has 0 radical (unpaired) electrons. The highest BCUT2D eigenvalue weighted by atomic mass is 15.3. The van der Waals surface area contributed by atoms with Gasteiger partial charge in [-0.25, -0.2) is 4.98 Å². The van der Waals surface area contributed by atoms with Gasteiger partial charge in [-0.15, -0.1) is 0 Å². The Morgan fingerprint density at radius 1 is 1.38 bits per heavy atom. The smallest absolute Gasteiger partial charge is 0.191 e. The zero-order valence-corrected chi connectivity index (χ0v) is 13.9. The summed E-state index contributed by atoms with van der Waals surface area (Å²) in [6.07, 6.45) is 3.86. The predicted molar refractivity (Wildman–Crippen MR) is 86.2 cm³/mol. The molecular weight excluding hydrogens is 266 g/mol. The molecule has 120 valence electrons. The molecule has 0 saturated heterocycles. The fraction of sp³-hybridized carbons (Fsp3) is 0.786. The summed E-state index contributed by atoms with van der Waals surface area (Å²) < 4.78 is 1.75. The van der Waals surface area contributed by atoms with E-state index in [1.165, 1.54) is 6.42 Å². The monoisotopic (exact) mass is 295 g/mol. The van der Waals surface area contributed by atoms with Crippen LogP contribution in [0.1, 0.15) is 32.5 Å². The minimum Gasteiger partial charge on any atom is -0.356 e. The summed E-state index contributed by atoms with van der Waals surface area (Å²) in [4.78, 5) is 10.7. The van der Waals surface area contributed by atoms with Crippen molar-refractivity contribution in [2.45, 2.75) is 39.3 Å². The van der Waals surface area contributed by atoms with Gasteiger partial charge in [-0.05, 0) is 40.3 Å². The molecule has 0 fully saturated rings. The summed E-state index contributed by atoms with van der Waals surface area (Å²) in [7, 11) is 5.82. The molecule has 1 aromatic rings. The number of aliphatic imine (C=N–C) groups is 1. The molecular formula is C14H29N7. The first-order valence-corrected chi connectivity index (χ1v) is 7.52. The van der Waals surface area contributed by atoms with Crippen molar-refractivity contribution in [3.05, 3.63) is 12.2 Å². The second-order valence-corrected chi connectivity index (χ2v) is 5.43. The summed E-state index contributed by atoms with van der Waals surface area (Å²) in [6, 6.07) is 0.610. The molecule has 0 aromatic carbocycles. The maximum Gasteiger partial charge on any atom is 0.191 e. The van der Waals surface area contributed by atoms with Crippen LogP contribution in [0.15, 0.2) is 11.3 Å². The third-order valence-corrected chi connectivity index (χ3v) is 3.55. The van der Waals surface area contributed by atoms with Crippen LogP contribution in [0.2, 0.25) is 0 Å². The van der Waals surface area contributed by atoms with E-state index < -0.39 is 0 Å². The summed E-state index contributed by atoms with van der Waals surface area (Å²) in [5, 5.41) is 10.6. The molecule has 1 rings (SSSR count). The lowest BCUT2D eigenvalue weighted by Gasteiger charge is -2.20. The quantitative estimate of drug-likeness (QED) is 0.417. The van der Waals surface area contributed by atoms with E-state index >= 15 is 0 Å². The lowest BCUT2D eigenvalue weighted by molar-refractivity contribution is 0.268. The highest BCUT2D eigenvalue weighted by Gasteiger charge is 2.04. The minimum absolute atomic E-state index is 0.610. The van der Waals surface area contributed by atoms with Crippen LogP contribution in [0, 0.1) is 0 Å². The molecule has 0 aliphatic rings. The van der Waals surface area contributed by atoms with E-state index in [1.54, 1.807) is 18.1 Å². The van der Waals surface area contributed by atoms with Gasteiger partial charge >= 0.3 is 0 Å². The molecule has 0 saturated carbocycles. The van der Waals surface area contributed by atoms with Crippen LogP contribution in [0.4, 0.5) is 0 Å².